The third-order valence-corrected chi connectivity index (χ3v) is 4.77. The summed E-state index contributed by atoms with van der Waals surface area (Å²) in [5, 5.41) is 9.10. The van der Waals surface area contributed by atoms with Gasteiger partial charge in [-0.1, -0.05) is 23.9 Å². The highest BCUT2D eigenvalue weighted by Gasteiger charge is 2.27. The van der Waals surface area contributed by atoms with E-state index in [-0.39, 0.29) is 11.5 Å². The van der Waals surface area contributed by atoms with Crippen LogP contribution in [0.2, 0.25) is 0 Å². The molecule has 6 heteroatoms. The van der Waals surface area contributed by atoms with Crippen LogP contribution < -0.4 is 9.64 Å². The number of hydrogen-bond donors (Lipinski definition) is 1. The summed E-state index contributed by atoms with van der Waals surface area (Å²) < 4.78 is 5.20. The van der Waals surface area contributed by atoms with E-state index in [0.717, 1.165) is 16.2 Å². The molecule has 0 saturated carbocycles. The summed E-state index contributed by atoms with van der Waals surface area (Å²) in [6.07, 6.45) is 1.81. The number of likely N-dealkylation sites (N-methyl/N-ethyl adjacent to an activating group) is 1. The zero-order chi connectivity index (χ0) is 17.3. The first kappa shape index (κ1) is 16.1. The second-order valence-electron chi connectivity index (χ2n) is 5.24. The Morgan fingerprint density at radius 2 is 2.04 bits per heavy atom. The third kappa shape index (κ3) is 3.00. The van der Waals surface area contributed by atoms with Crippen LogP contribution in [0.25, 0.3) is 6.08 Å². The fourth-order valence-electron chi connectivity index (χ4n) is 2.41. The highest BCUT2D eigenvalue weighted by atomic mass is 32.2. The van der Waals surface area contributed by atoms with Crippen LogP contribution >= 0.6 is 11.8 Å². The number of hydrogen-bond acceptors (Lipinski definition) is 4. The van der Waals surface area contributed by atoms with Crippen LogP contribution in [-0.2, 0) is 4.79 Å². The van der Waals surface area contributed by atoms with Gasteiger partial charge in [0, 0.05) is 11.9 Å². The van der Waals surface area contributed by atoms with Crippen LogP contribution in [-0.4, -0.2) is 31.1 Å². The minimum atomic E-state index is -1.01. The monoisotopic (exact) mass is 341 g/mol. The number of amides is 1. The number of carbonyl (C=O) groups excluding carboxylic acids is 1. The van der Waals surface area contributed by atoms with Crippen molar-refractivity contribution in [2.45, 2.75) is 4.90 Å². The van der Waals surface area contributed by atoms with Crippen LogP contribution in [0.5, 0.6) is 5.75 Å². The highest BCUT2D eigenvalue weighted by molar-refractivity contribution is 8.04. The van der Waals surface area contributed by atoms with Gasteiger partial charge in [0.05, 0.1) is 23.3 Å². The van der Waals surface area contributed by atoms with E-state index in [9.17, 15) is 9.59 Å². The van der Waals surface area contributed by atoms with Crippen molar-refractivity contribution < 1.29 is 19.4 Å². The molecule has 1 N–H and O–H groups in total. The smallest absolute Gasteiger partial charge is 0.335 e. The van der Waals surface area contributed by atoms with Gasteiger partial charge in [-0.05, 0) is 42.0 Å². The summed E-state index contributed by atoms with van der Waals surface area (Å²) in [6, 6.07) is 12.2. The zero-order valence-electron chi connectivity index (χ0n) is 13.1. The van der Waals surface area contributed by atoms with Gasteiger partial charge in [-0.25, -0.2) is 4.79 Å². The molecule has 0 radical (unpaired) electrons. The van der Waals surface area contributed by atoms with Gasteiger partial charge in [0.15, 0.2) is 0 Å². The summed E-state index contributed by atoms with van der Waals surface area (Å²) in [5.74, 6) is -0.461. The molecule has 1 aliphatic rings. The van der Waals surface area contributed by atoms with Crippen LogP contribution in [0, 0.1) is 0 Å². The molecule has 3 rings (SSSR count). The number of benzene rings is 2. The molecule has 1 amide bonds. The van der Waals surface area contributed by atoms with Gasteiger partial charge in [-0.15, -0.1) is 0 Å². The Morgan fingerprint density at radius 1 is 1.25 bits per heavy atom. The number of ether oxygens (including phenoxy) is 1. The van der Waals surface area contributed by atoms with E-state index in [4.69, 9.17) is 9.84 Å². The normalized spacial score (nSPS) is 15.3. The van der Waals surface area contributed by atoms with E-state index in [1.165, 1.54) is 22.7 Å². The Hall–Kier alpha value is -2.73. The molecule has 2 aromatic rings. The van der Waals surface area contributed by atoms with Gasteiger partial charge < -0.3 is 14.7 Å². The standard InChI is InChI=1S/C18H15NO4S/c1-19-14-10-12(18(21)22)6-7-15(14)24-16(17(19)20)9-11-4-3-5-13(8-11)23-2/h3-10H,1-2H3,(H,21,22)/b16-9+. The Kier molecular flexibility index (Phi) is 4.31. The van der Waals surface area contributed by atoms with Crippen molar-refractivity contribution in [3.63, 3.8) is 0 Å². The lowest BCUT2D eigenvalue weighted by atomic mass is 10.1. The fourth-order valence-corrected chi connectivity index (χ4v) is 3.50. The molecule has 122 valence electrons. The van der Waals surface area contributed by atoms with Crippen LogP contribution in [0.15, 0.2) is 52.3 Å². The predicted octanol–water partition coefficient (Wildman–Crippen LogP) is 3.50. The molecule has 0 spiro atoms. The summed E-state index contributed by atoms with van der Waals surface area (Å²) in [6.45, 7) is 0. The highest BCUT2D eigenvalue weighted by Crippen LogP contribution is 2.42. The Balaban J connectivity index is 1.99. The lowest BCUT2D eigenvalue weighted by Crippen LogP contribution is -2.30. The van der Waals surface area contributed by atoms with E-state index >= 15 is 0 Å². The molecule has 0 saturated heterocycles. The minimum absolute atomic E-state index is 0.161. The molecule has 24 heavy (non-hydrogen) atoms. The molecule has 2 aromatic carbocycles. The van der Waals surface area contributed by atoms with E-state index in [1.54, 1.807) is 32.4 Å². The molecule has 0 atom stereocenters. The molecule has 0 aromatic heterocycles. The second kappa shape index (κ2) is 6.41. The van der Waals surface area contributed by atoms with Crippen molar-refractivity contribution in [3.8, 4) is 5.75 Å². The van der Waals surface area contributed by atoms with Crippen LogP contribution in [0.3, 0.4) is 0 Å². The average molecular weight is 341 g/mol. The molecule has 1 aliphatic heterocycles. The molecule has 0 aliphatic carbocycles. The Labute approximate surface area is 143 Å². The van der Waals surface area contributed by atoms with E-state index in [0.29, 0.717) is 10.6 Å². The van der Waals surface area contributed by atoms with Gasteiger partial charge >= 0.3 is 5.97 Å². The summed E-state index contributed by atoms with van der Waals surface area (Å²) >= 11 is 1.33. The first-order valence-electron chi connectivity index (χ1n) is 7.18. The van der Waals surface area contributed by atoms with Crippen molar-refractivity contribution in [1.82, 2.24) is 0 Å². The molecule has 1 heterocycles. The quantitative estimate of drug-likeness (QED) is 0.866. The molecule has 0 unspecified atom stereocenters. The average Bonchev–Trinajstić information content (AvgIpc) is 2.59. The number of thioether (sulfide) groups is 1. The number of rotatable bonds is 3. The summed E-state index contributed by atoms with van der Waals surface area (Å²) in [7, 11) is 3.24. The van der Waals surface area contributed by atoms with Gasteiger partial charge in [-0.3, -0.25) is 4.79 Å². The largest absolute Gasteiger partial charge is 0.497 e. The minimum Gasteiger partial charge on any atom is -0.497 e. The Morgan fingerprint density at radius 3 is 2.75 bits per heavy atom. The molecule has 5 nitrogen and oxygen atoms in total. The number of carboxylic acid groups (broad SMARTS) is 1. The second-order valence-corrected chi connectivity index (χ2v) is 6.32. The van der Waals surface area contributed by atoms with Gasteiger partial charge in [0.2, 0.25) is 0 Å². The number of nitrogens with zero attached hydrogens (tertiary/aromatic N) is 1. The number of aromatic carboxylic acids is 1. The first-order valence-corrected chi connectivity index (χ1v) is 8.00. The van der Waals surface area contributed by atoms with Crippen molar-refractivity contribution >= 4 is 35.4 Å². The predicted molar refractivity (Wildman–Crippen MR) is 93.6 cm³/mol. The maximum absolute atomic E-state index is 12.6. The number of carboxylic acids is 1. The van der Waals surface area contributed by atoms with Crippen molar-refractivity contribution in [3.05, 3.63) is 58.5 Å². The molecular formula is C18H15NO4S. The van der Waals surface area contributed by atoms with Gasteiger partial charge in [0.25, 0.3) is 5.91 Å². The molecule has 0 fully saturated rings. The number of fused-ring (bicyclic) bond motifs is 1. The molecule has 0 bridgehead atoms. The lowest BCUT2D eigenvalue weighted by Gasteiger charge is -2.27. The third-order valence-electron chi connectivity index (χ3n) is 3.69. The fraction of sp³-hybridized carbons (Fsp3) is 0.111. The van der Waals surface area contributed by atoms with Crippen molar-refractivity contribution in [2.75, 3.05) is 19.1 Å². The van der Waals surface area contributed by atoms with E-state index in [2.05, 4.69) is 0 Å². The summed E-state index contributed by atoms with van der Waals surface area (Å²) in [5.41, 5.74) is 1.63. The first-order chi connectivity index (χ1) is 11.5. The zero-order valence-corrected chi connectivity index (χ0v) is 14.0. The molecular weight excluding hydrogens is 326 g/mol. The maximum Gasteiger partial charge on any atom is 0.335 e. The number of methoxy groups -OCH3 is 1. The van der Waals surface area contributed by atoms with E-state index < -0.39 is 5.97 Å². The van der Waals surface area contributed by atoms with Gasteiger partial charge in [-0.2, -0.15) is 0 Å². The SMILES string of the molecule is COc1cccc(/C=C2/Sc3ccc(C(=O)O)cc3N(C)C2=O)c1. The van der Waals surface area contributed by atoms with Crippen molar-refractivity contribution in [1.29, 1.82) is 0 Å². The van der Waals surface area contributed by atoms with E-state index in [1.807, 2.05) is 24.3 Å². The van der Waals surface area contributed by atoms with Crippen LogP contribution in [0.1, 0.15) is 15.9 Å². The number of carbonyl (C=O) groups is 2. The lowest BCUT2D eigenvalue weighted by molar-refractivity contribution is -0.114. The summed E-state index contributed by atoms with van der Waals surface area (Å²) in [4.78, 5) is 26.6. The number of anilines is 1. The topological polar surface area (TPSA) is 66.8 Å². The van der Waals surface area contributed by atoms with Crippen molar-refractivity contribution in [2.24, 2.45) is 0 Å². The van der Waals surface area contributed by atoms with Crippen LogP contribution in [0.4, 0.5) is 5.69 Å². The Bertz CT molecular complexity index is 860. The van der Waals surface area contributed by atoms with Gasteiger partial charge in [0.1, 0.15) is 5.75 Å². The maximum atomic E-state index is 12.6.